The Bertz CT molecular complexity index is 515. The number of benzene rings is 1. The van der Waals surface area contributed by atoms with Gasteiger partial charge in [-0.25, -0.2) is 0 Å². The highest BCUT2D eigenvalue weighted by atomic mass is 16.6. The van der Waals surface area contributed by atoms with Crippen molar-refractivity contribution < 1.29 is 14.9 Å². The van der Waals surface area contributed by atoms with Gasteiger partial charge in [-0.15, -0.1) is 0 Å². The molecular formula is C15H21N3O4. The third kappa shape index (κ3) is 5.42. The maximum atomic E-state index is 10.7. The molecule has 1 atom stereocenters. The van der Waals surface area contributed by atoms with Crippen molar-refractivity contribution in [1.82, 2.24) is 4.90 Å². The predicted octanol–water partition coefficient (Wildman–Crippen LogP) is 1.79. The van der Waals surface area contributed by atoms with E-state index in [2.05, 4.69) is 10.1 Å². The van der Waals surface area contributed by atoms with Crippen molar-refractivity contribution in [3.8, 4) is 0 Å². The number of hydrogen-bond donors (Lipinski definition) is 1. The van der Waals surface area contributed by atoms with E-state index in [0.29, 0.717) is 12.1 Å². The molecule has 0 aromatic heterocycles. The summed E-state index contributed by atoms with van der Waals surface area (Å²) in [6.45, 7) is 2.75. The molecule has 2 rings (SSSR count). The van der Waals surface area contributed by atoms with Crippen LogP contribution in [-0.2, 0) is 4.84 Å². The molecule has 1 unspecified atom stereocenters. The van der Waals surface area contributed by atoms with E-state index in [4.69, 9.17) is 4.84 Å². The van der Waals surface area contributed by atoms with E-state index >= 15 is 0 Å². The summed E-state index contributed by atoms with van der Waals surface area (Å²) in [5, 5.41) is 24.3. The van der Waals surface area contributed by atoms with Gasteiger partial charge < -0.3 is 14.8 Å². The third-order valence-electron chi connectivity index (χ3n) is 3.54. The molecule has 1 saturated heterocycles. The maximum Gasteiger partial charge on any atom is 0.270 e. The SMILES string of the molecule is O=[N+]([O-])c1cccc(C=NOCC(O)CN2CCCCC2)c1. The summed E-state index contributed by atoms with van der Waals surface area (Å²) in [6.07, 6.45) is 4.44. The number of aliphatic hydroxyl groups excluding tert-OH is 1. The number of piperidine rings is 1. The number of nitro benzene ring substituents is 1. The van der Waals surface area contributed by atoms with Gasteiger partial charge in [0.05, 0.1) is 11.1 Å². The molecule has 0 amide bonds. The summed E-state index contributed by atoms with van der Waals surface area (Å²) in [5.41, 5.74) is 0.591. The fourth-order valence-corrected chi connectivity index (χ4v) is 2.44. The lowest BCUT2D eigenvalue weighted by molar-refractivity contribution is -0.384. The zero-order chi connectivity index (χ0) is 15.8. The first-order chi connectivity index (χ1) is 10.6. The van der Waals surface area contributed by atoms with Crippen molar-refractivity contribution in [2.24, 2.45) is 5.16 Å². The Kier molecular flexibility index (Phi) is 6.29. The summed E-state index contributed by atoms with van der Waals surface area (Å²) in [7, 11) is 0. The Balaban J connectivity index is 1.73. The molecular weight excluding hydrogens is 286 g/mol. The Labute approximate surface area is 129 Å². The van der Waals surface area contributed by atoms with Crippen LogP contribution in [0.15, 0.2) is 29.4 Å². The van der Waals surface area contributed by atoms with Crippen molar-refractivity contribution >= 4 is 11.9 Å². The van der Waals surface area contributed by atoms with Crippen LogP contribution < -0.4 is 0 Å². The van der Waals surface area contributed by atoms with Gasteiger partial charge in [0, 0.05) is 24.2 Å². The molecule has 7 heteroatoms. The van der Waals surface area contributed by atoms with Gasteiger partial charge >= 0.3 is 0 Å². The monoisotopic (exact) mass is 307 g/mol. The van der Waals surface area contributed by atoms with Crippen LogP contribution >= 0.6 is 0 Å². The first-order valence-corrected chi connectivity index (χ1v) is 7.45. The lowest BCUT2D eigenvalue weighted by Crippen LogP contribution is -2.37. The largest absolute Gasteiger partial charge is 0.393 e. The minimum atomic E-state index is -0.583. The Morgan fingerprint density at radius 2 is 2.18 bits per heavy atom. The zero-order valence-electron chi connectivity index (χ0n) is 12.4. The number of likely N-dealkylation sites (tertiary alicyclic amines) is 1. The molecule has 0 radical (unpaired) electrons. The normalized spacial score (nSPS) is 17.5. The molecule has 0 aliphatic carbocycles. The van der Waals surface area contributed by atoms with Gasteiger partial charge in [-0.05, 0) is 25.9 Å². The molecule has 0 saturated carbocycles. The number of aliphatic hydroxyl groups is 1. The zero-order valence-corrected chi connectivity index (χ0v) is 12.4. The van der Waals surface area contributed by atoms with Crippen molar-refractivity contribution in [1.29, 1.82) is 0 Å². The average Bonchev–Trinajstić information content (AvgIpc) is 2.53. The molecule has 1 aromatic carbocycles. The Morgan fingerprint density at radius 3 is 2.91 bits per heavy atom. The molecule has 1 heterocycles. The van der Waals surface area contributed by atoms with Crippen LogP contribution in [0.25, 0.3) is 0 Å². The Hall–Kier alpha value is -1.99. The van der Waals surface area contributed by atoms with Crippen molar-refractivity contribution in [2.75, 3.05) is 26.2 Å². The smallest absolute Gasteiger partial charge is 0.270 e. The summed E-state index contributed by atoms with van der Waals surface area (Å²) < 4.78 is 0. The fraction of sp³-hybridized carbons (Fsp3) is 0.533. The van der Waals surface area contributed by atoms with Gasteiger partial charge in [0.25, 0.3) is 5.69 Å². The molecule has 22 heavy (non-hydrogen) atoms. The van der Waals surface area contributed by atoms with E-state index in [0.717, 1.165) is 13.1 Å². The highest BCUT2D eigenvalue weighted by molar-refractivity contribution is 5.80. The fourth-order valence-electron chi connectivity index (χ4n) is 2.44. The lowest BCUT2D eigenvalue weighted by atomic mass is 10.1. The van der Waals surface area contributed by atoms with Crippen LogP contribution in [0.1, 0.15) is 24.8 Å². The quantitative estimate of drug-likeness (QED) is 0.471. The third-order valence-corrected chi connectivity index (χ3v) is 3.54. The van der Waals surface area contributed by atoms with Crippen molar-refractivity contribution in [3.63, 3.8) is 0 Å². The topological polar surface area (TPSA) is 88.2 Å². The molecule has 0 bridgehead atoms. The molecule has 1 aliphatic rings. The minimum Gasteiger partial charge on any atom is -0.393 e. The maximum absolute atomic E-state index is 10.7. The van der Waals surface area contributed by atoms with Crippen LogP contribution in [0.2, 0.25) is 0 Å². The second-order valence-electron chi connectivity index (χ2n) is 5.40. The summed E-state index contributed by atoms with van der Waals surface area (Å²) >= 11 is 0. The number of nitrogens with zero attached hydrogens (tertiary/aromatic N) is 3. The number of nitro groups is 1. The van der Waals surface area contributed by atoms with E-state index in [-0.39, 0.29) is 12.3 Å². The Morgan fingerprint density at radius 1 is 1.41 bits per heavy atom. The minimum absolute atomic E-state index is 0.00841. The second-order valence-corrected chi connectivity index (χ2v) is 5.40. The first kappa shape index (κ1) is 16.4. The van der Waals surface area contributed by atoms with Crippen LogP contribution in [0.5, 0.6) is 0 Å². The van der Waals surface area contributed by atoms with Crippen molar-refractivity contribution in [2.45, 2.75) is 25.4 Å². The molecule has 0 spiro atoms. The number of hydrogen-bond acceptors (Lipinski definition) is 6. The lowest BCUT2D eigenvalue weighted by Gasteiger charge is -2.27. The van der Waals surface area contributed by atoms with Gasteiger partial charge in [0.2, 0.25) is 0 Å². The van der Waals surface area contributed by atoms with Crippen LogP contribution in [0.3, 0.4) is 0 Å². The molecule has 1 aliphatic heterocycles. The molecule has 1 fully saturated rings. The van der Waals surface area contributed by atoms with Gasteiger partial charge in [0.15, 0.2) is 0 Å². The standard InChI is InChI=1S/C15H21N3O4/c19-15(11-17-7-2-1-3-8-17)12-22-16-10-13-5-4-6-14(9-13)18(20)21/h4-6,9-10,15,19H,1-3,7-8,11-12H2. The highest BCUT2D eigenvalue weighted by Gasteiger charge is 2.14. The van der Waals surface area contributed by atoms with Gasteiger partial charge in [-0.2, -0.15) is 0 Å². The number of oxime groups is 1. The molecule has 1 N–H and O–H groups in total. The van der Waals surface area contributed by atoms with Crippen LogP contribution in [0.4, 0.5) is 5.69 Å². The van der Waals surface area contributed by atoms with E-state index in [1.807, 2.05) is 0 Å². The molecule has 1 aromatic rings. The van der Waals surface area contributed by atoms with E-state index in [1.165, 1.54) is 37.6 Å². The van der Waals surface area contributed by atoms with Gasteiger partial charge in [0.1, 0.15) is 12.7 Å². The van der Waals surface area contributed by atoms with E-state index < -0.39 is 11.0 Å². The summed E-state index contributed by atoms with van der Waals surface area (Å²) in [6, 6.07) is 6.12. The van der Waals surface area contributed by atoms with E-state index in [1.54, 1.807) is 12.1 Å². The first-order valence-electron chi connectivity index (χ1n) is 7.45. The van der Waals surface area contributed by atoms with Crippen LogP contribution in [0, 0.1) is 10.1 Å². The molecule has 7 nitrogen and oxygen atoms in total. The average molecular weight is 307 g/mol. The van der Waals surface area contributed by atoms with Crippen LogP contribution in [-0.4, -0.2) is 53.5 Å². The van der Waals surface area contributed by atoms with Crippen molar-refractivity contribution in [3.05, 3.63) is 39.9 Å². The predicted molar refractivity (Wildman–Crippen MR) is 82.9 cm³/mol. The van der Waals surface area contributed by atoms with Gasteiger partial charge in [-0.1, -0.05) is 23.7 Å². The second kappa shape index (κ2) is 8.45. The van der Waals surface area contributed by atoms with Gasteiger partial charge in [-0.3, -0.25) is 10.1 Å². The summed E-state index contributed by atoms with van der Waals surface area (Å²) in [5.74, 6) is 0. The van der Waals surface area contributed by atoms with E-state index in [9.17, 15) is 15.2 Å². The number of non-ortho nitro benzene ring substituents is 1. The number of rotatable bonds is 7. The highest BCUT2D eigenvalue weighted by Crippen LogP contribution is 2.11. The number of β-amino-alcohol motifs (C(OH)–C–C–N with tert-alkyl or cyclic N) is 1. The summed E-state index contributed by atoms with van der Waals surface area (Å²) in [4.78, 5) is 17.5. The molecule has 120 valence electrons.